The van der Waals surface area contributed by atoms with Crippen LogP contribution in [0.4, 0.5) is 5.82 Å². The Morgan fingerprint density at radius 1 is 1.31 bits per heavy atom. The Hall–Kier alpha value is -2.12. The number of nitrogens with one attached hydrogen (secondary N) is 4. The molecule has 1 unspecified atom stereocenters. The molecule has 1 amide bonds. The van der Waals surface area contributed by atoms with Gasteiger partial charge in [-0.1, -0.05) is 0 Å². The van der Waals surface area contributed by atoms with E-state index in [0.29, 0.717) is 19.4 Å². The molecule has 1 fully saturated rings. The number of anilines is 1. The van der Waals surface area contributed by atoms with Gasteiger partial charge in [-0.3, -0.25) is 14.6 Å². The number of hydrogen-bond acceptors (Lipinski definition) is 5. The van der Waals surface area contributed by atoms with E-state index in [-0.39, 0.29) is 17.8 Å². The summed E-state index contributed by atoms with van der Waals surface area (Å²) in [6.45, 7) is 0.444. The molecule has 1 atom stereocenters. The first-order valence-electron chi connectivity index (χ1n) is 4.87. The van der Waals surface area contributed by atoms with Gasteiger partial charge >= 0.3 is 5.69 Å². The van der Waals surface area contributed by atoms with Crippen LogP contribution in [0.25, 0.3) is 0 Å². The molecule has 2 rings (SSSR count). The fourth-order valence-electron chi connectivity index (χ4n) is 1.49. The zero-order valence-corrected chi connectivity index (χ0v) is 8.37. The normalized spacial score (nSPS) is 20.2. The largest absolute Gasteiger partial charge is 0.360 e. The number of amides is 1. The van der Waals surface area contributed by atoms with Crippen LogP contribution in [-0.2, 0) is 4.79 Å². The van der Waals surface area contributed by atoms with Gasteiger partial charge in [-0.2, -0.15) is 0 Å². The van der Waals surface area contributed by atoms with Crippen molar-refractivity contribution >= 4 is 11.7 Å². The maximum absolute atomic E-state index is 11.3. The molecule has 16 heavy (non-hydrogen) atoms. The second kappa shape index (κ2) is 4.17. The number of H-pyrrole nitrogens is 2. The van der Waals surface area contributed by atoms with Gasteiger partial charge in [-0.25, -0.2) is 9.89 Å². The Bertz CT molecular complexity index is 495. The third kappa shape index (κ3) is 2.27. The molecule has 4 N–H and O–H groups in total. The maximum Gasteiger partial charge on any atom is 0.342 e. The summed E-state index contributed by atoms with van der Waals surface area (Å²) in [5.41, 5.74) is -1.21. The number of nitrogens with zero attached hydrogens (tertiary/aromatic N) is 1. The molecular weight excluding hydrogens is 214 g/mol. The van der Waals surface area contributed by atoms with Crippen molar-refractivity contribution in [1.82, 2.24) is 20.5 Å². The van der Waals surface area contributed by atoms with Gasteiger partial charge in [0.05, 0.1) is 0 Å². The van der Waals surface area contributed by atoms with Crippen LogP contribution in [-0.4, -0.2) is 33.7 Å². The molecule has 0 spiro atoms. The van der Waals surface area contributed by atoms with Crippen molar-refractivity contribution in [2.45, 2.75) is 18.9 Å². The Balaban J connectivity index is 2.07. The molecule has 8 heteroatoms. The van der Waals surface area contributed by atoms with Crippen molar-refractivity contribution in [2.75, 3.05) is 11.9 Å². The van der Waals surface area contributed by atoms with Gasteiger partial charge in [0.2, 0.25) is 11.7 Å². The quantitative estimate of drug-likeness (QED) is 0.471. The molecule has 1 aromatic heterocycles. The molecule has 8 nitrogen and oxygen atoms in total. The number of aromatic nitrogens is 3. The number of carbonyl (C=O) groups excluding carboxylic acids is 1. The Morgan fingerprint density at radius 3 is 2.75 bits per heavy atom. The van der Waals surface area contributed by atoms with E-state index in [2.05, 4.69) is 25.8 Å². The highest BCUT2D eigenvalue weighted by Gasteiger charge is 2.18. The number of rotatable bonds is 2. The summed E-state index contributed by atoms with van der Waals surface area (Å²) in [7, 11) is 0. The summed E-state index contributed by atoms with van der Waals surface area (Å²) < 4.78 is 0. The van der Waals surface area contributed by atoms with Crippen LogP contribution in [0.15, 0.2) is 9.59 Å². The molecule has 0 aromatic carbocycles. The molecule has 0 aliphatic carbocycles. The van der Waals surface area contributed by atoms with Crippen LogP contribution in [0.2, 0.25) is 0 Å². The zero-order valence-electron chi connectivity index (χ0n) is 8.37. The Labute approximate surface area is 89.5 Å². The molecular formula is C8H11N5O3. The number of aromatic amines is 2. The van der Waals surface area contributed by atoms with Crippen LogP contribution in [0.1, 0.15) is 12.8 Å². The maximum atomic E-state index is 11.3. The minimum atomic E-state index is -0.646. The van der Waals surface area contributed by atoms with Crippen LogP contribution >= 0.6 is 0 Å². The van der Waals surface area contributed by atoms with E-state index in [1.165, 1.54) is 0 Å². The fourth-order valence-corrected chi connectivity index (χ4v) is 1.49. The predicted molar refractivity (Wildman–Crippen MR) is 55.1 cm³/mol. The molecule has 86 valence electrons. The second-order valence-corrected chi connectivity index (χ2v) is 3.54. The smallest absolute Gasteiger partial charge is 0.342 e. The first-order chi connectivity index (χ1) is 7.65. The van der Waals surface area contributed by atoms with E-state index in [1.807, 2.05) is 0 Å². The third-order valence-corrected chi connectivity index (χ3v) is 2.32. The van der Waals surface area contributed by atoms with Gasteiger partial charge in [-0.15, -0.1) is 5.10 Å². The molecule has 2 heterocycles. The lowest BCUT2D eigenvalue weighted by Crippen LogP contribution is -2.43. The van der Waals surface area contributed by atoms with Gasteiger partial charge < -0.3 is 10.6 Å². The van der Waals surface area contributed by atoms with Gasteiger partial charge in [0.25, 0.3) is 5.56 Å². The first kappa shape index (κ1) is 10.4. The fraction of sp³-hybridized carbons (Fsp3) is 0.500. The zero-order chi connectivity index (χ0) is 11.5. The van der Waals surface area contributed by atoms with E-state index in [1.54, 1.807) is 0 Å². The summed E-state index contributed by atoms with van der Waals surface area (Å²) in [6.07, 6.45) is 1.05. The van der Waals surface area contributed by atoms with E-state index >= 15 is 0 Å². The van der Waals surface area contributed by atoms with Crippen molar-refractivity contribution in [3.63, 3.8) is 0 Å². The highest BCUT2D eigenvalue weighted by atomic mass is 16.2. The van der Waals surface area contributed by atoms with Crippen LogP contribution in [0.5, 0.6) is 0 Å². The third-order valence-electron chi connectivity index (χ3n) is 2.32. The van der Waals surface area contributed by atoms with Crippen molar-refractivity contribution in [1.29, 1.82) is 0 Å². The minimum absolute atomic E-state index is 0.00128. The SMILES string of the molecule is O=C1CCC(Nc2n[nH]c(=O)[nH]c2=O)CN1. The van der Waals surface area contributed by atoms with Crippen LogP contribution < -0.4 is 21.9 Å². The Kier molecular flexibility index (Phi) is 2.71. The van der Waals surface area contributed by atoms with Gasteiger partial charge in [0.1, 0.15) is 0 Å². The van der Waals surface area contributed by atoms with Crippen molar-refractivity contribution in [3.05, 3.63) is 20.8 Å². The molecule has 1 saturated heterocycles. The summed E-state index contributed by atoms with van der Waals surface area (Å²) in [4.78, 5) is 35.0. The summed E-state index contributed by atoms with van der Waals surface area (Å²) in [5, 5.41) is 11.2. The molecule has 1 aliphatic heterocycles. The highest BCUT2D eigenvalue weighted by Crippen LogP contribution is 2.06. The average Bonchev–Trinajstić information content (AvgIpc) is 2.25. The van der Waals surface area contributed by atoms with Crippen molar-refractivity contribution in [2.24, 2.45) is 0 Å². The lowest BCUT2D eigenvalue weighted by molar-refractivity contribution is -0.122. The molecule has 0 bridgehead atoms. The topological polar surface area (TPSA) is 120 Å². The molecule has 0 saturated carbocycles. The van der Waals surface area contributed by atoms with Gasteiger partial charge in [0.15, 0.2) is 0 Å². The second-order valence-electron chi connectivity index (χ2n) is 3.54. The summed E-state index contributed by atoms with van der Waals surface area (Å²) >= 11 is 0. The van der Waals surface area contributed by atoms with Crippen molar-refractivity contribution < 1.29 is 4.79 Å². The molecule has 0 radical (unpaired) electrons. The van der Waals surface area contributed by atoms with Gasteiger partial charge in [0, 0.05) is 19.0 Å². The van der Waals surface area contributed by atoms with E-state index in [0.717, 1.165) is 0 Å². The minimum Gasteiger partial charge on any atom is -0.360 e. The van der Waals surface area contributed by atoms with Crippen LogP contribution in [0.3, 0.4) is 0 Å². The molecule has 1 aromatic rings. The van der Waals surface area contributed by atoms with Crippen LogP contribution in [0, 0.1) is 0 Å². The lowest BCUT2D eigenvalue weighted by atomic mass is 10.1. The monoisotopic (exact) mass is 225 g/mol. The van der Waals surface area contributed by atoms with E-state index in [9.17, 15) is 14.4 Å². The summed E-state index contributed by atoms with van der Waals surface area (Å²) in [6, 6.07) is -0.0443. The number of hydrogen-bond donors (Lipinski definition) is 4. The predicted octanol–water partition coefficient (Wildman–Crippen LogP) is -1.85. The number of carbonyl (C=O) groups is 1. The standard InChI is InChI=1S/C8H11N5O3/c14-5-2-1-4(3-9-5)10-6-7(15)11-8(16)13-12-6/h4H,1-3H2,(H,9,14)(H,10,12)(H2,11,13,15,16). The Morgan fingerprint density at radius 2 is 2.12 bits per heavy atom. The number of piperidine rings is 1. The van der Waals surface area contributed by atoms with Crippen molar-refractivity contribution in [3.8, 4) is 0 Å². The first-order valence-corrected chi connectivity index (χ1v) is 4.87. The highest BCUT2D eigenvalue weighted by molar-refractivity contribution is 5.76. The van der Waals surface area contributed by atoms with E-state index in [4.69, 9.17) is 0 Å². The summed E-state index contributed by atoms with van der Waals surface area (Å²) in [5.74, 6) is 0.0575. The molecule has 1 aliphatic rings. The van der Waals surface area contributed by atoms with Gasteiger partial charge in [-0.05, 0) is 6.42 Å². The lowest BCUT2D eigenvalue weighted by Gasteiger charge is -2.23. The van der Waals surface area contributed by atoms with E-state index < -0.39 is 11.2 Å². The average molecular weight is 225 g/mol.